The minimum atomic E-state index is 0. The second-order valence-corrected chi connectivity index (χ2v) is 4.24. The average Bonchev–Trinajstić information content (AvgIpc) is 2.77. The first kappa shape index (κ1) is 10.3. The normalized spacial score (nSPS) is 41.0. The summed E-state index contributed by atoms with van der Waals surface area (Å²) in [5.74, 6) is 0.839. The van der Waals surface area contributed by atoms with Gasteiger partial charge < -0.3 is 10.5 Å². The average molecular weight is 192 g/mol. The first-order valence-corrected chi connectivity index (χ1v) is 4.58. The second kappa shape index (κ2) is 3.52. The minimum Gasteiger partial charge on any atom is -0.377 e. The Morgan fingerprint density at radius 1 is 1.50 bits per heavy atom. The molecule has 0 bridgehead atoms. The van der Waals surface area contributed by atoms with Gasteiger partial charge in [-0.1, -0.05) is 6.92 Å². The summed E-state index contributed by atoms with van der Waals surface area (Å²) in [7, 11) is 0. The molecule has 72 valence electrons. The fourth-order valence-electron chi connectivity index (χ4n) is 2.08. The van der Waals surface area contributed by atoms with Crippen LogP contribution in [0.1, 0.15) is 26.2 Å². The van der Waals surface area contributed by atoms with Gasteiger partial charge >= 0.3 is 0 Å². The highest BCUT2D eigenvalue weighted by atomic mass is 35.5. The molecule has 3 heteroatoms. The van der Waals surface area contributed by atoms with Crippen molar-refractivity contribution < 1.29 is 4.74 Å². The van der Waals surface area contributed by atoms with Crippen LogP contribution in [0.2, 0.25) is 0 Å². The van der Waals surface area contributed by atoms with E-state index in [1.54, 1.807) is 0 Å². The molecule has 2 unspecified atom stereocenters. The van der Waals surface area contributed by atoms with E-state index in [9.17, 15) is 0 Å². The zero-order valence-electron chi connectivity index (χ0n) is 7.58. The minimum absolute atomic E-state index is 0. The van der Waals surface area contributed by atoms with Crippen LogP contribution in [0.15, 0.2) is 0 Å². The van der Waals surface area contributed by atoms with Crippen molar-refractivity contribution in [2.75, 3.05) is 13.2 Å². The van der Waals surface area contributed by atoms with Gasteiger partial charge in [0.25, 0.3) is 0 Å². The fourth-order valence-corrected chi connectivity index (χ4v) is 2.08. The Hall–Kier alpha value is 0.210. The zero-order valence-corrected chi connectivity index (χ0v) is 8.40. The van der Waals surface area contributed by atoms with E-state index in [1.807, 2.05) is 0 Å². The molecule has 1 saturated carbocycles. The summed E-state index contributed by atoms with van der Waals surface area (Å²) in [4.78, 5) is 0. The van der Waals surface area contributed by atoms with Crippen molar-refractivity contribution in [3.05, 3.63) is 0 Å². The Morgan fingerprint density at radius 3 is 2.67 bits per heavy atom. The SMILES string of the molecule is CC1(CN)CCOC1C1CC1.Cl. The third kappa shape index (κ3) is 1.61. The molecular formula is C9H18ClNO. The van der Waals surface area contributed by atoms with Crippen molar-refractivity contribution in [2.45, 2.75) is 32.3 Å². The van der Waals surface area contributed by atoms with E-state index >= 15 is 0 Å². The first-order chi connectivity index (χ1) is 5.26. The van der Waals surface area contributed by atoms with Crippen LogP contribution in [-0.4, -0.2) is 19.3 Å². The molecule has 2 fully saturated rings. The van der Waals surface area contributed by atoms with Crippen LogP contribution >= 0.6 is 12.4 Å². The summed E-state index contributed by atoms with van der Waals surface area (Å²) in [6.45, 7) is 3.98. The number of hydrogen-bond acceptors (Lipinski definition) is 2. The van der Waals surface area contributed by atoms with Gasteiger partial charge in [0.2, 0.25) is 0 Å². The van der Waals surface area contributed by atoms with E-state index in [-0.39, 0.29) is 12.4 Å². The highest BCUT2D eigenvalue weighted by molar-refractivity contribution is 5.85. The molecule has 12 heavy (non-hydrogen) atoms. The molecule has 0 radical (unpaired) electrons. The van der Waals surface area contributed by atoms with Crippen LogP contribution in [0, 0.1) is 11.3 Å². The predicted molar refractivity (Wildman–Crippen MR) is 51.5 cm³/mol. The fraction of sp³-hybridized carbons (Fsp3) is 1.00. The van der Waals surface area contributed by atoms with E-state index in [0.29, 0.717) is 11.5 Å². The van der Waals surface area contributed by atoms with E-state index in [4.69, 9.17) is 10.5 Å². The van der Waals surface area contributed by atoms with Crippen LogP contribution < -0.4 is 5.73 Å². The van der Waals surface area contributed by atoms with E-state index < -0.39 is 0 Å². The maximum atomic E-state index is 5.74. The highest BCUT2D eigenvalue weighted by Crippen LogP contribution is 2.46. The summed E-state index contributed by atoms with van der Waals surface area (Å²) >= 11 is 0. The summed E-state index contributed by atoms with van der Waals surface area (Å²) in [5.41, 5.74) is 6.04. The topological polar surface area (TPSA) is 35.2 Å². The monoisotopic (exact) mass is 191 g/mol. The quantitative estimate of drug-likeness (QED) is 0.720. The molecule has 1 saturated heterocycles. The highest BCUT2D eigenvalue weighted by Gasteiger charge is 2.47. The molecule has 2 aliphatic rings. The Bertz CT molecular complexity index is 161. The van der Waals surface area contributed by atoms with Crippen LogP contribution in [0.3, 0.4) is 0 Å². The van der Waals surface area contributed by atoms with Crippen LogP contribution in [-0.2, 0) is 4.74 Å². The molecule has 2 atom stereocenters. The van der Waals surface area contributed by atoms with Gasteiger partial charge in [-0.05, 0) is 25.2 Å². The summed E-state index contributed by atoms with van der Waals surface area (Å²) in [6.07, 6.45) is 4.36. The molecule has 2 nitrogen and oxygen atoms in total. The molecule has 0 aromatic rings. The molecule has 0 aromatic heterocycles. The zero-order chi connectivity index (χ0) is 7.90. The number of ether oxygens (including phenoxy) is 1. The second-order valence-electron chi connectivity index (χ2n) is 4.24. The van der Waals surface area contributed by atoms with Crippen molar-refractivity contribution in [3.63, 3.8) is 0 Å². The third-order valence-electron chi connectivity index (χ3n) is 3.17. The summed E-state index contributed by atoms with van der Waals surface area (Å²) < 4.78 is 5.70. The number of nitrogens with two attached hydrogens (primary N) is 1. The maximum absolute atomic E-state index is 5.74. The van der Waals surface area contributed by atoms with Gasteiger partial charge in [0.1, 0.15) is 0 Å². The third-order valence-corrected chi connectivity index (χ3v) is 3.17. The van der Waals surface area contributed by atoms with Crippen molar-refractivity contribution in [1.29, 1.82) is 0 Å². The first-order valence-electron chi connectivity index (χ1n) is 4.58. The number of rotatable bonds is 2. The maximum Gasteiger partial charge on any atom is 0.0669 e. The van der Waals surface area contributed by atoms with Crippen LogP contribution in [0.5, 0.6) is 0 Å². The standard InChI is InChI=1S/C9H17NO.ClH/c1-9(6-10)4-5-11-8(9)7-2-3-7;/h7-8H,2-6,10H2,1H3;1H. The molecule has 1 aliphatic heterocycles. The lowest BCUT2D eigenvalue weighted by molar-refractivity contribution is 0.0423. The molecule has 1 aliphatic carbocycles. The van der Waals surface area contributed by atoms with Gasteiger partial charge in [-0.15, -0.1) is 12.4 Å². The van der Waals surface area contributed by atoms with Gasteiger partial charge in [0.15, 0.2) is 0 Å². The Balaban J connectivity index is 0.000000720. The van der Waals surface area contributed by atoms with E-state index in [0.717, 1.165) is 25.5 Å². The largest absolute Gasteiger partial charge is 0.377 e. The van der Waals surface area contributed by atoms with Gasteiger partial charge in [-0.2, -0.15) is 0 Å². The molecule has 0 amide bonds. The van der Waals surface area contributed by atoms with Gasteiger partial charge in [-0.25, -0.2) is 0 Å². The molecule has 2 rings (SSSR count). The molecule has 1 heterocycles. The van der Waals surface area contributed by atoms with Crippen molar-refractivity contribution in [3.8, 4) is 0 Å². The molecule has 0 spiro atoms. The number of hydrogen-bond donors (Lipinski definition) is 1. The lowest BCUT2D eigenvalue weighted by Crippen LogP contribution is -2.36. The van der Waals surface area contributed by atoms with Crippen molar-refractivity contribution in [1.82, 2.24) is 0 Å². The lowest BCUT2D eigenvalue weighted by atomic mass is 9.81. The smallest absolute Gasteiger partial charge is 0.0669 e. The Labute approximate surface area is 80.3 Å². The summed E-state index contributed by atoms with van der Waals surface area (Å²) in [5, 5.41) is 0. The predicted octanol–water partition coefficient (Wildman–Crippen LogP) is 1.57. The molecule has 2 N–H and O–H groups in total. The van der Waals surface area contributed by atoms with Crippen LogP contribution in [0.4, 0.5) is 0 Å². The van der Waals surface area contributed by atoms with Crippen molar-refractivity contribution in [2.24, 2.45) is 17.1 Å². The van der Waals surface area contributed by atoms with Crippen molar-refractivity contribution >= 4 is 12.4 Å². The van der Waals surface area contributed by atoms with Gasteiger partial charge in [-0.3, -0.25) is 0 Å². The molecule has 0 aromatic carbocycles. The summed E-state index contributed by atoms with van der Waals surface area (Å²) in [6, 6.07) is 0. The molecular weight excluding hydrogens is 174 g/mol. The van der Waals surface area contributed by atoms with Gasteiger partial charge in [0.05, 0.1) is 6.10 Å². The lowest BCUT2D eigenvalue weighted by Gasteiger charge is -2.28. The van der Waals surface area contributed by atoms with Crippen LogP contribution in [0.25, 0.3) is 0 Å². The van der Waals surface area contributed by atoms with Gasteiger partial charge in [0, 0.05) is 18.6 Å². The Morgan fingerprint density at radius 2 is 2.17 bits per heavy atom. The van der Waals surface area contributed by atoms with E-state index in [1.165, 1.54) is 12.8 Å². The van der Waals surface area contributed by atoms with E-state index in [2.05, 4.69) is 6.92 Å². The Kier molecular flexibility index (Phi) is 3.02. The number of halogens is 1.